The van der Waals surface area contributed by atoms with Gasteiger partial charge < -0.3 is 14.8 Å². The summed E-state index contributed by atoms with van der Waals surface area (Å²) in [7, 11) is 1.57. The Bertz CT molecular complexity index is 1070. The second-order valence-corrected chi connectivity index (χ2v) is 6.13. The highest BCUT2D eigenvalue weighted by molar-refractivity contribution is 5.94. The Morgan fingerprint density at radius 1 is 1.07 bits per heavy atom. The van der Waals surface area contributed by atoms with E-state index in [-0.39, 0.29) is 24.7 Å². The van der Waals surface area contributed by atoms with Crippen LogP contribution in [0, 0.1) is 0 Å². The third-order valence-electron chi connectivity index (χ3n) is 4.17. The Labute approximate surface area is 167 Å². The molecule has 3 aromatic rings. The number of carbonyl (C=O) groups is 2. The molecule has 2 aromatic carbocycles. The van der Waals surface area contributed by atoms with Crippen molar-refractivity contribution in [2.24, 2.45) is 0 Å². The van der Waals surface area contributed by atoms with Crippen LogP contribution in [-0.2, 0) is 16.1 Å². The minimum absolute atomic E-state index is 0.161. The number of aromatic nitrogens is 2. The Morgan fingerprint density at radius 3 is 2.52 bits per heavy atom. The van der Waals surface area contributed by atoms with E-state index in [1.54, 1.807) is 68.9 Å². The monoisotopic (exact) mass is 395 g/mol. The van der Waals surface area contributed by atoms with Crippen LogP contribution in [0.5, 0.6) is 5.75 Å². The third-order valence-corrected chi connectivity index (χ3v) is 4.17. The van der Waals surface area contributed by atoms with Gasteiger partial charge in [0, 0.05) is 18.1 Å². The molecule has 0 radical (unpaired) electrons. The average Bonchev–Trinajstić information content (AvgIpc) is 3.08. The number of amides is 1. The number of anilines is 1. The number of hydrogen-bond acceptors (Lipinski definition) is 5. The number of carbonyl (C=O) groups excluding carboxylic acids is 2. The van der Waals surface area contributed by atoms with E-state index in [4.69, 9.17) is 9.47 Å². The van der Waals surface area contributed by atoms with Crippen molar-refractivity contribution in [1.82, 2.24) is 9.13 Å². The van der Waals surface area contributed by atoms with Gasteiger partial charge in [-0.05, 0) is 49.4 Å². The summed E-state index contributed by atoms with van der Waals surface area (Å²) in [6.07, 6.45) is 3.14. The van der Waals surface area contributed by atoms with Gasteiger partial charge in [0.05, 0.1) is 25.0 Å². The van der Waals surface area contributed by atoms with Crippen molar-refractivity contribution in [3.05, 3.63) is 77.0 Å². The van der Waals surface area contributed by atoms with Crippen molar-refractivity contribution in [2.45, 2.75) is 13.5 Å². The van der Waals surface area contributed by atoms with Crippen molar-refractivity contribution in [1.29, 1.82) is 0 Å². The maximum Gasteiger partial charge on any atom is 0.338 e. The van der Waals surface area contributed by atoms with Crippen LogP contribution in [0.4, 0.5) is 5.69 Å². The van der Waals surface area contributed by atoms with Gasteiger partial charge in [-0.25, -0.2) is 9.59 Å². The molecule has 0 unspecified atom stereocenters. The van der Waals surface area contributed by atoms with Gasteiger partial charge in [0.2, 0.25) is 5.91 Å². The van der Waals surface area contributed by atoms with E-state index in [1.807, 2.05) is 0 Å². The molecule has 0 fully saturated rings. The summed E-state index contributed by atoms with van der Waals surface area (Å²) in [5.74, 6) is -0.164. The molecule has 0 saturated heterocycles. The fourth-order valence-electron chi connectivity index (χ4n) is 2.77. The summed E-state index contributed by atoms with van der Waals surface area (Å²) < 4.78 is 12.8. The molecule has 0 aliphatic rings. The topological polar surface area (TPSA) is 91.6 Å². The predicted octanol–water partition coefficient (Wildman–Crippen LogP) is 2.46. The second kappa shape index (κ2) is 8.92. The van der Waals surface area contributed by atoms with Gasteiger partial charge in [-0.15, -0.1) is 0 Å². The van der Waals surface area contributed by atoms with E-state index >= 15 is 0 Å². The zero-order valence-electron chi connectivity index (χ0n) is 16.1. The number of nitrogens with zero attached hydrogens (tertiary/aromatic N) is 2. The molecule has 0 atom stereocenters. The highest BCUT2D eigenvalue weighted by Gasteiger charge is 2.11. The molecule has 0 bridgehead atoms. The number of ether oxygens (including phenoxy) is 2. The van der Waals surface area contributed by atoms with Crippen LogP contribution in [0.3, 0.4) is 0 Å². The molecule has 0 saturated carbocycles. The first-order valence-electron chi connectivity index (χ1n) is 9.01. The summed E-state index contributed by atoms with van der Waals surface area (Å²) in [4.78, 5) is 36.7. The van der Waals surface area contributed by atoms with Gasteiger partial charge in [-0.3, -0.25) is 13.9 Å². The van der Waals surface area contributed by atoms with Crippen LogP contribution in [0.1, 0.15) is 17.3 Å². The molecular weight excluding hydrogens is 374 g/mol. The van der Waals surface area contributed by atoms with Gasteiger partial charge in [0.25, 0.3) is 0 Å². The van der Waals surface area contributed by atoms with Crippen LogP contribution in [0.25, 0.3) is 5.69 Å². The van der Waals surface area contributed by atoms with E-state index in [1.165, 1.54) is 15.2 Å². The Balaban J connectivity index is 1.70. The highest BCUT2D eigenvalue weighted by atomic mass is 16.5. The minimum atomic E-state index is -0.462. The molecule has 1 N–H and O–H groups in total. The zero-order valence-corrected chi connectivity index (χ0v) is 16.1. The largest absolute Gasteiger partial charge is 0.497 e. The van der Waals surface area contributed by atoms with Crippen molar-refractivity contribution < 1.29 is 19.1 Å². The summed E-state index contributed by atoms with van der Waals surface area (Å²) in [5.41, 5.74) is 1.11. The molecule has 1 amide bonds. The molecule has 3 rings (SSSR count). The van der Waals surface area contributed by atoms with E-state index < -0.39 is 5.97 Å². The fourth-order valence-corrected chi connectivity index (χ4v) is 2.77. The maximum atomic E-state index is 12.6. The first kappa shape index (κ1) is 19.9. The number of rotatable bonds is 7. The first-order chi connectivity index (χ1) is 14.0. The maximum absolute atomic E-state index is 12.6. The Kier molecular flexibility index (Phi) is 6.13. The molecule has 8 heteroatoms. The lowest BCUT2D eigenvalue weighted by Crippen LogP contribution is -2.28. The highest BCUT2D eigenvalue weighted by Crippen LogP contribution is 2.14. The molecule has 150 valence electrons. The lowest BCUT2D eigenvalue weighted by molar-refractivity contribution is -0.116. The van der Waals surface area contributed by atoms with Crippen molar-refractivity contribution >= 4 is 17.6 Å². The molecule has 0 spiro atoms. The summed E-state index contributed by atoms with van der Waals surface area (Å²) >= 11 is 0. The van der Waals surface area contributed by atoms with Gasteiger partial charge in [0.15, 0.2) is 0 Å². The molecular formula is C21H21N3O5. The van der Waals surface area contributed by atoms with Crippen LogP contribution in [-0.4, -0.2) is 34.7 Å². The van der Waals surface area contributed by atoms with E-state index in [9.17, 15) is 14.4 Å². The van der Waals surface area contributed by atoms with Crippen molar-refractivity contribution in [3.8, 4) is 11.4 Å². The van der Waals surface area contributed by atoms with Crippen molar-refractivity contribution in [2.75, 3.05) is 19.0 Å². The summed E-state index contributed by atoms with van der Waals surface area (Å²) in [6.45, 7) is 1.83. The predicted molar refractivity (Wildman–Crippen MR) is 108 cm³/mol. The molecule has 29 heavy (non-hydrogen) atoms. The number of esters is 1. The first-order valence-corrected chi connectivity index (χ1v) is 9.01. The molecule has 8 nitrogen and oxygen atoms in total. The number of nitrogens with one attached hydrogen (secondary N) is 1. The second-order valence-electron chi connectivity index (χ2n) is 6.13. The van der Waals surface area contributed by atoms with Gasteiger partial charge in [0.1, 0.15) is 12.3 Å². The third kappa shape index (κ3) is 4.73. The number of hydrogen-bond donors (Lipinski definition) is 1. The van der Waals surface area contributed by atoms with Crippen LogP contribution < -0.4 is 15.7 Å². The number of imidazole rings is 1. The standard InChI is InChI=1S/C21H21N3O5/c1-3-29-20(26)15-5-4-6-16(13-15)22-19(25)14-23-11-12-24(21(23)27)17-7-9-18(28-2)10-8-17/h4-13H,3,14H2,1-2H3,(H,22,25). The fraction of sp³-hybridized carbons (Fsp3) is 0.190. The van der Waals surface area contributed by atoms with E-state index in [0.717, 1.165) is 0 Å². The SMILES string of the molecule is CCOC(=O)c1cccc(NC(=O)Cn2ccn(-c3ccc(OC)cc3)c2=O)c1. The number of methoxy groups -OCH3 is 1. The van der Waals surface area contributed by atoms with Crippen LogP contribution in [0.2, 0.25) is 0 Å². The molecule has 0 aliphatic heterocycles. The average molecular weight is 395 g/mol. The molecule has 1 aromatic heterocycles. The summed E-state index contributed by atoms with van der Waals surface area (Å²) in [6, 6.07) is 13.5. The van der Waals surface area contributed by atoms with Gasteiger partial charge in [-0.1, -0.05) is 6.07 Å². The smallest absolute Gasteiger partial charge is 0.338 e. The van der Waals surface area contributed by atoms with Crippen LogP contribution in [0.15, 0.2) is 65.7 Å². The Hall–Kier alpha value is -3.81. The molecule has 0 aliphatic carbocycles. The lowest BCUT2D eigenvalue weighted by Gasteiger charge is -2.08. The normalized spacial score (nSPS) is 10.4. The van der Waals surface area contributed by atoms with Crippen molar-refractivity contribution in [3.63, 3.8) is 0 Å². The summed E-state index contributed by atoms with van der Waals surface area (Å²) in [5, 5.41) is 2.69. The van der Waals surface area contributed by atoms with Gasteiger partial charge >= 0.3 is 11.7 Å². The zero-order chi connectivity index (χ0) is 20.8. The Morgan fingerprint density at radius 2 is 1.83 bits per heavy atom. The lowest BCUT2D eigenvalue weighted by atomic mass is 10.2. The molecule has 1 heterocycles. The van der Waals surface area contributed by atoms with E-state index in [2.05, 4.69) is 5.32 Å². The van der Waals surface area contributed by atoms with Crippen LogP contribution >= 0.6 is 0 Å². The van der Waals surface area contributed by atoms with Gasteiger partial charge in [-0.2, -0.15) is 0 Å². The number of benzene rings is 2. The minimum Gasteiger partial charge on any atom is -0.497 e. The van der Waals surface area contributed by atoms with E-state index in [0.29, 0.717) is 22.7 Å². The quantitative estimate of drug-likeness (QED) is 0.621.